The Morgan fingerprint density at radius 2 is 1.77 bits per heavy atom. The highest BCUT2D eigenvalue weighted by Gasteiger charge is 2.43. The lowest BCUT2D eigenvalue weighted by atomic mass is 9.72. The molecule has 1 aliphatic rings. The average molecular weight is 630 g/mol. The minimum absolute atomic E-state index is 0.0529. The smallest absolute Gasteiger partial charge is 0.385 e. The molecule has 4 rings (SSSR count). The fourth-order valence-corrected chi connectivity index (χ4v) is 6.33. The summed E-state index contributed by atoms with van der Waals surface area (Å²) in [4.78, 5) is 26.8. The van der Waals surface area contributed by atoms with Crippen molar-refractivity contribution in [2.75, 3.05) is 26.7 Å². The van der Waals surface area contributed by atoms with Crippen LogP contribution in [0.4, 0.5) is 13.2 Å². The van der Waals surface area contributed by atoms with E-state index in [4.69, 9.17) is 11.6 Å². The molecular formula is C34H39ClF3N3O3. The van der Waals surface area contributed by atoms with Gasteiger partial charge in [0.25, 0.3) is 5.91 Å². The number of aliphatic hydroxyl groups is 1. The molecule has 236 valence electrons. The maximum Gasteiger partial charge on any atom is 0.471 e. The molecule has 0 radical (unpaired) electrons. The molecule has 2 atom stereocenters. The SMILES string of the molecule is CCc1cccc(-c2c(Cl)cccc2[C@](O)(CCCNC(=O)C(F)(F)F)[C@@H]2CCCN(C(=O)c3ccc(CNC)cc3)C2)c1. The maximum atomic E-state index is 13.6. The number of likely N-dealkylation sites (tertiary alicyclic amines) is 1. The van der Waals surface area contributed by atoms with Gasteiger partial charge in [-0.15, -0.1) is 0 Å². The number of carbonyl (C=O) groups excluding carboxylic acids is 2. The molecule has 2 amide bonds. The molecular weight excluding hydrogens is 591 g/mol. The number of amides is 2. The largest absolute Gasteiger partial charge is 0.471 e. The van der Waals surface area contributed by atoms with E-state index in [1.807, 2.05) is 55.7 Å². The third kappa shape index (κ3) is 7.81. The van der Waals surface area contributed by atoms with E-state index in [1.54, 1.807) is 35.2 Å². The first-order chi connectivity index (χ1) is 21.0. The average Bonchev–Trinajstić information content (AvgIpc) is 3.02. The van der Waals surface area contributed by atoms with Crippen molar-refractivity contribution in [1.82, 2.24) is 15.5 Å². The molecule has 0 bridgehead atoms. The van der Waals surface area contributed by atoms with Crippen LogP contribution in [-0.2, 0) is 23.4 Å². The van der Waals surface area contributed by atoms with Gasteiger partial charge in [0.05, 0.1) is 5.60 Å². The molecule has 1 heterocycles. The van der Waals surface area contributed by atoms with Gasteiger partial charge in [-0.05, 0) is 79.6 Å². The lowest BCUT2D eigenvalue weighted by Crippen LogP contribution is -2.48. The molecule has 0 aromatic heterocycles. The van der Waals surface area contributed by atoms with Crippen molar-refractivity contribution in [3.05, 3.63) is 94.0 Å². The van der Waals surface area contributed by atoms with Gasteiger partial charge in [-0.25, -0.2) is 0 Å². The standard InChI is InChI=1S/C34H39ClF3N3O3/c1-3-23-8-4-9-26(20-23)30-28(11-5-12-29(30)35)33(44,17-7-18-40-32(43)34(36,37)38)27-10-6-19-41(22-27)31(42)25-15-13-24(14-16-25)21-39-2/h4-5,8-9,11-16,20,27,39,44H,3,6-7,10,17-19,21-22H2,1-2H3,(H,40,43)/t27-,33+/m1/s1. The number of carbonyl (C=O) groups is 2. The summed E-state index contributed by atoms with van der Waals surface area (Å²) in [5.41, 5.74) is 3.14. The Kier molecular flexibility index (Phi) is 11.1. The molecule has 3 N–H and O–H groups in total. The third-order valence-corrected chi connectivity index (χ3v) is 8.66. The first-order valence-electron chi connectivity index (χ1n) is 15.0. The van der Waals surface area contributed by atoms with Crippen LogP contribution in [0.3, 0.4) is 0 Å². The van der Waals surface area contributed by atoms with Crippen LogP contribution in [0.1, 0.15) is 59.7 Å². The number of hydrogen-bond acceptors (Lipinski definition) is 4. The second kappa shape index (κ2) is 14.6. The number of aryl methyl sites for hydroxylation is 1. The van der Waals surface area contributed by atoms with Crippen LogP contribution in [0, 0.1) is 5.92 Å². The summed E-state index contributed by atoms with van der Waals surface area (Å²) in [6.45, 7) is 3.23. The zero-order chi connectivity index (χ0) is 31.9. The van der Waals surface area contributed by atoms with E-state index in [0.717, 1.165) is 23.1 Å². The summed E-state index contributed by atoms with van der Waals surface area (Å²) in [5, 5.41) is 18.1. The van der Waals surface area contributed by atoms with E-state index in [2.05, 4.69) is 5.32 Å². The predicted octanol–water partition coefficient (Wildman–Crippen LogP) is 6.49. The Morgan fingerprint density at radius 1 is 1.05 bits per heavy atom. The number of benzene rings is 3. The summed E-state index contributed by atoms with van der Waals surface area (Å²) >= 11 is 6.79. The minimum atomic E-state index is -4.99. The van der Waals surface area contributed by atoms with Crippen LogP contribution in [0.5, 0.6) is 0 Å². The minimum Gasteiger partial charge on any atom is -0.385 e. The van der Waals surface area contributed by atoms with Crippen molar-refractivity contribution in [3.8, 4) is 11.1 Å². The molecule has 3 aromatic rings. The molecule has 0 aliphatic carbocycles. The highest BCUT2D eigenvalue weighted by molar-refractivity contribution is 6.33. The normalized spacial score (nSPS) is 16.8. The van der Waals surface area contributed by atoms with Gasteiger partial charge in [0, 0.05) is 48.2 Å². The Bertz CT molecular complexity index is 1450. The van der Waals surface area contributed by atoms with Crippen LogP contribution in [-0.4, -0.2) is 54.7 Å². The topological polar surface area (TPSA) is 81.7 Å². The van der Waals surface area contributed by atoms with E-state index in [1.165, 1.54) is 0 Å². The van der Waals surface area contributed by atoms with Gasteiger partial charge < -0.3 is 20.6 Å². The molecule has 1 saturated heterocycles. The molecule has 1 aliphatic heterocycles. The fourth-order valence-electron chi connectivity index (χ4n) is 6.05. The Balaban J connectivity index is 1.68. The molecule has 44 heavy (non-hydrogen) atoms. The zero-order valence-electron chi connectivity index (χ0n) is 25.0. The maximum absolute atomic E-state index is 13.6. The van der Waals surface area contributed by atoms with Crippen LogP contribution in [0.15, 0.2) is 66.7 Å². The lowest BCUT2D eigenvalue weighted by Gasteiger charge is -2.44. The van der Waals surface area contributed by atoms with E-state index in [0.29, 0.717) is 47.6 Å². The van der Waals surface area contributed by atoms with Crippen LogP contribution < -0.4 is 10.6 Å². The number of nitrogens with zero attached hydrogens (tertiary/aromatic N) is 1. The van der Waals surface area contributed by atoms with Crippen molar-refractivity contribution < 1.29 is 27.9 Å². The van der Waals surface area contributed by atoms with E-state index in [9.17, 15) is 27.9 Å². The number of nitrogens with one attached hydrogen (secondary N) is 2. The molecule has 10 heteroatoms. The van der Waals surface area contributed by atoms with Gasteiger partial charge in [-0.1, -0.05) is 67.1 Å². The number of alkyl halides is 3. The Labute approximate surface area is 261 Å². The van der Waals surface area contributed by atoms with E-state index < -0.39 is 23.6 Å². The van der Waals surface area contributed by atoms with Crippen molar-refractivity contribution >= 4 is 23.4 Å². The van der Waals surface area contributed by atoms with Crippen LogP contribution in [0.25, 0.3) is 11.1 Å². The number of rotatable bonds is 11. The molecule has 3 aromatic carbocycles. The highest BCUT2D eigenvalue weighted by Crippen LogP contribution is 2.45. The Hall–Kier alpha value is -3.40. The summed E-state index contributed by atoms with van der Waals surface area (Å²) in [6.07, 6.45) is -2.82. The molecule has 6 nitrogen and oxygen atoms in total. The highest BCUT2D eigenvalue weighted by atomic mass is 35.5. The summed E-state index contributed by atoms with van der Waals surface area (Å²) in [5.74, 6) is -2.60. The summed E-state index contributed by atoms with van der Waals surface area (Å²) in [6, 6.07) is 20.6. The number of piperidine rings is 1. The van der Waals surface area contributed by atoms with Crippen LogP contribution in [0.2, 0.25) is 5.02 Å². The first kappa shape index (κ1) is 33.5. The quantitative estimate of drug-likeness (QED) is 0.212. The van der Waals surface area contributed by atoms with Gasteiger partial charge in [0.1, 0.15) is 0 Å². The van der Waals surface area contributed by atoms with E-state index >= 15 is 0 Å². The zero-order valence-corrected chi connectivity index (χ0v) is 25.8. The fraction of sp³-hybridized carbons (Fsp3) is 0.412. The summed E-state index contributed by atoms with van der Waals surface area (Å²) < 4.78 is 38.4. The molecule has 1 fully saturated rings. The Morgan fingerprint density at radius 3 is 2.45 bits per heavy atom. The monoisotopic (exact) mass is 629 g/mol. The van der Waals surface area contributed by atoms with Gasteiger partial charge >= 0.3 is 12.1 Å². The second-order valence-corrected chi connectivity index (χ2v) is 11.7. The third-order valence-electron chi connectivity index (χ3n) is 8.35. The second-order valence-electron chi connectivity index (χ2n) is 11.3. The van der Waals surface area contributed by atoms with Gasteiger partial charge in [-0.3, -0.25) is 9.59 Å². The van der Waals surface area contributed by atoms with Gasteiger partial charge in [0.2, 0.25) is 0 Å². The van der Waals surface area contributed by atoms with Gasteiger partial charge in [0.15, 0.2) is 0 Å². The lowest BCUT2D eigenvalue weighted by molar-refractivity contribution is -0.173. The summed E-state index contributed by atoms with van der Waals surface area (Å²) in [7, 11) is 1.85. The van der Waals surface area contributed by atoms with Crippen molar-refractivity contribution in [2.45, 2.75) is 57.3 Å². The predicted molar refractivity (Wildman–Crippen MR) is 166 cm³/mol. The van der Waals surface area contributed by atoms with Crippen molar-refractivity contribution in [2.24, 2.45) is 5.92 Å². The van der Waals surface area contributed by atoms with Crippen LogP contribution >= 0.6 is 11.6 Å². The molecule has 0 saturated carbocycles. The number of hydrogen-bond donors (Lipinski definition) is 3. The number of halogens is 4. The van der Waals surface area contributed by atoms with Gasteiger partial charge in [-0.2, -0.15) is 13.2 Å². The molecule has 0 unspecified atom stereocenters. The van der Waals surface area contributed by atoms with Crippen molar-refractivity contribution in [1.29, 1.82) is 0 Å². The first-order valence-corrected chi connectivity index (χ1v) is 15.3. The molecule has 0 spiro atoms. The van der Waals surface area contributed by atoms with E-state index in [-0.39, 0.29) is 31.8 Å². The van der Waals surface area contributed by atoms with Crippen molar-refractivity contribution in [3.63, 3.8) is 0 Å².